The number of anilines is 1. The SMILES string of the molecule is NCc1cc2c(N)nccc2n1CO. The summed E-state index contributed by atoms with van der Waals surface area (Å²) in [5.41, 5.74) is 13.0. The van der Waals surface area contributed by atoms with Gasteiger partial charge in [-0.25, -0.2) is 4.98 Å². The molecule has 2 heterocycles. The highest BCUT2D eigenvalue weighted by molar-refractivity contribution is 5.89. The van der Waals surface area contributed by atoms with Gasteiger partial charge in [-0.15, -0.1) is 0 Å². The Morgan fingerprint density at radius 2 is 2.29 bits per heavy atom. The molecule has 2 aromatic heterocycles. The zero-order valence-electron chi connectivity index (χ0n) is 7.64. The molecule has 0 aliphatic rings. The maximum absolute atomic E-state index is 9.17. The summed E-state index contributed by atoms with van der Waals surface area (Å²) in [6.07, 6.45) is 1.62. The van der Waals surface area contributed by atoms with E-state index < -0.39 is 0 Å². The van der Waals surface area contributed by atoms with Gasteiger partial charge in [0.1, 0.15) is 12.5 Å². The number of hydrogen-bond acceptors (Lipinski definition) is 4. The van der Waals surface area contributed by atoms with Gasteiger partial charge in [0.25, 0.3) is 0 Å². The van der Waals surface area contributed by atoms with Crippen molar-refractivity contribution >= 4 is 16.7 Å². The Hall–Kier alpha value is -1.59. The Morgan fingerprint density at radius 1 is 1.50 bits per heavy atom. The van der Waals surface area contributed by atoms with E-state index in [0.29, 0.717) is 12.4 Å². The molecule has 0 aliphatic carbocycles. The highest BCUT2D eigenvalue weighted by Crippen LogP contribution is 2.22. The van der Waals surface area contributed by atoms with Crippen molar-refractivity contribution < 1.29 is 5.11 Å². The number of pyridine rings is 1. The van der Waals surface area contributed by atoms with Crippen LogP contribution in [0.4, 0.5) is 5.82 Å². The monoisotopic (exact) mass is 192 g/mol. The lowest BCUT2D eigenvalue weighted by Crippen LogP contribution is -2.06. The van der Waals surface area contributed by atoms with Crippen LogP contribution in [-0.4, -0.2) is 14.7 Å². The predicted octanol–water partition coefficient (Wildman–Crippen LogP) is 0.0270. The van der Waals surface area contributed by atoms with E-state index in [1.165, 1.54) is 0 Å². The first-order chi connectivity index (χ1) is 6.77. The number of rotatable bonds is 2. The summed E-state index contributed by atoms with van der Waals surface area (Å²) < 4.78 is 1.72. The first kappa shape index (κ1) is 8.98. The van der Waals surface area contributed by atoms with Crippen LogP contribution >= 0.6 is 0 Å². The van der Waals surface area contributed by atoms with E-state index in [2.05, 4.69) is 4.98 Å². The van der Waals surface area contributed by atoms with Crippen molar-refractivity contribution in [1.82, 2.24) is 9.55 Å². The fourth-order valence-electron chi connectivity index (χ4n) is 1.60. The lowest BCUT2D eigenvalue weighted by molar-refractivity contribution is 0.212. The van der Waals surface area contributed by atoms with Crippen LogP contribution in [0.5, 0.6) is 0 Å². The van der Waals surface area contributed by atoms with Crippen molar-refractivity contribution in [3.05, 3.63) is 24.0 Å². The topological polar surface area (TPSA) is 90.1 Å². The van der Waals surface area contributed by atoms with Crippen molar-refractivity contribution in [2.45, 2.75) is 13.3 Å². The molecule has 0 saturated heterocycles. The number of fused-ring (bicyclic) bond motifs is 1. The molecular weight excluding hydrogens is 180 g/mol. The summed E-state index contributed by atoms with van der Waals surface area (Å²) in [6, 6.07) is 3.66. The smallest absolute Gasteiger partial charge is 0.132 e. The third-order valence-electron chi connectivity index (χ3n) is 2.30. The highest BCUT2D eigenvalue weighted by Gasteiger charge is 2.08. The van der Waals surface area contributed by atoms with E-state index >= 15 is 0 Å². The van der Waals surface area contributed by atoms with Gasteiger partial charge in [0.15, 0.2) is 0 Å². The molecular formula is C9H12N4O. The van der Waals surface area contributed by atoms with Gasteiger partial charge in [0.2, 0.25) is 0 Å². The number of aliphatic hydroxyl groups excluding tert-OH is 1. The standard InChI is InChI=1S/C9H12N4O/c10-4-6-3-7-8(13(6)5-14)1-2-12-9(7)11/h1-3,14H,4-5,10H2,(H2,11,12). The van der Waals surface area contributed by atoms with Crippen LogP contribution in [0.15, 0.2) is 18.3 Å². The van der Waals surface area contributed by atoms with Gasteiger partial charge >= 0.3 is 0 Å². The van der Waals surface area contributed by atoms with Gasteiger partial charge in [-0.2, -0.15) is 0 Å². The highest BCUT2D eigenvalue weighted by atomic mass is 16.3. The third-order valence-corrected chi connectivity index (χ3v) is 2.30. The van der Waals surface area contributed by atoms with E-state index in [1.54, 1.807) is 16.8 Å². The largest absolute Gasteiger partial charge is 0.383 e. The van der Waals surface area contributed by atoms with Crippen LogP contribution in [0.2, 0.25) is 0 Å². The Morgan fingerprint density at radius 3 is 2.93 bits per heavy atom. The number of nitrogens with zero attached hydrogens (tertiary/aromatic N) is 2. The zero-order chi connectivity index (χ0) is 10.1. The Labute approximate surface area is 81.0 Å². The van der Waals surface area contributed by atoms with E-state index in [9.17, 15) is 5.11 Å². The van der Waals surface area contributed by atoms with E-state index in [1.807, 2.05) is 6.07 Å². The molecule has 0 saturated carbocycles. The molecule has 5 N–H and O–H groups in total. The molecule has 2 rings (SSSR count). The number of aromatic nitrogens is 2. The molecule has 0 fully saturated rings. The van der Waals surface area contributed by atoms with Gasteiger partial charge < -0.3 is 21.1 Å². The van der Waals surface area contributed by atoms with Gasteiger partial charge in [0.05, 0.1) is 5.52 Å². The fraction of sp³-hybridized carbons (Fsp3) is 0.222. The number of hydrogen-bond donors (Lipinski definition) is 3. The van der Waals surface area contributed by atoms with Gasteiger partial charge in [0, 0.05) is 23.8 Å². The Kier molecular flexibility index (Phi) is 2.11. The second kappa shape index (κ2) is 3.28. The maximum Gasteiger partial charge on any atom is 0.132 e. The zero-order valence-corrected chi connectivity index (χ0v) is 7.64. The van der Waals surface area contributed by atoms with Crippen LogP contribution in [0.1, 0.15) is 5.69 Å². The predicted molar refractivity (Wildman–Crippen MR) is 54.3 cm³/mol. The normalized spacial score (nSPS) is 11.0. The fourth-order valence-corrected chi connectivity index (χ4v) is 1.60. The maximum atomic E-state index is 9.17. The van der Waals surface area contributed by atoms with Crippen LogP contribution in [0.3, 0.4) is 0 Å². The van der Waals surface area contributed by atoms with Crippen LogP contribution in [0.25, 0.3) is 10.9 Å². The lowest BCUT2D eigenvalue weighted by atomic mass is 10.3. The molecule has 5 nitrogen and oxygen atoms in total. The second-order valence-corrected chi connectivity index (χ2v) is 3.04. The van der Waals surface area contributed by atoms with E-state index in [4.69, 9.17) is 11.5 Å². The van der Waals surface area contributed by atoms with E-state index in [0.717, 1.165) is 16.6 Å². The summed E-state index contributed by atoms with van der Waals surface area (Å²) >= 11 is 0. The average molecular weight is 192 g/mol. The number of nitrogen functional groups attached to an aromatic ring is 1. The van der Waals surface area contributed by atoms with Crippen LogP contribution in [-0.2, 0) is 13.3 Å². The lowest BCUT2D eigenvalue weighted by Gasteiger charge is -2.04. The number of aliphatic hydroxyl groups is 1. The third kappa shape index (κ3) is 1.14. The van der Waals surface area contributed by atoms with Crippen molar-refractivity contribution in [3.63, 3.8) is 0 Å². The molecule has 0 spiro atoms. The summed E-state index contributed by atoms with van der Waals surface area (Å²) in [4.78, 5) is 3.97. The molecule has 0 unspecified atom stereocenters. The molecule has 0 amide bonds. The van der Waals surface area contributed by atoms with Crippen LogP contribution in [0, 0.1) is 0 Å². The molecule has 0 atom stereocenters. The van der Waals surface area contributed by atoms with Crippen LogP contribution < -0.4 is 11.5 Å². The van der Waals surface area contributed by atoms with Gasteiger partial charge in [-0.3, -0.25) is 0 Å². The molecule has 0 bridgehead atoms. The summed E-state index contributed by atoms with van der Waals surface area (Å²) in [5, 5.41) is 10.0. The van der Waals surface area contributed by atoms with Gasteiger partial charge in [-0.1, -0.05) is 0 Å². The molecule has 14 heavy (non-hydrogen) atoms. The first-order valence-electron chi connectivity index (χ1n) is 4.31. The van der Waals surface area contributed by atoms with Crippen molar-refractivity contribution in [1.29, 1.82) is 0 Å². The average Bonchev–Trinajstić information content (AvgIpc) is 2.57. The number of nitrogens with two attached hydrogens (primary N) is 2. The molecule has 2 aromatic rings. The molecule has 5 heteroatoms. The Balaban J connectivity index is 2.79. The minimum atomic E-state index is -0.0977. The minimum Gasteiger partial charge on any atom is -0.383 e. The second-order valence-electron chi connectivity index (χ2n) is 3.04. The Bertz CT molecular complexity index is 463. The van der Waals surface area contributed by atoms with Crippen molar-refractivity contribution in [2.75, 3.05) is 5.73 Å². The first-order valence-corrected chi connectivity index (χ1v) is 4.31. The summed E-state index contributed by atoms with van der Waals surface area (Å²) in [6.45, 7) is 0.272. The molecule has 74 valence electrons. The quantitative estimate of drug-likeness (QED) is 0.626. The van der Waals surface area contributed by atoms with Crippen molar-refractivity contribution in [2.24, 2.45) is 5.73 Å². The summed E-state index contributed by atoms with van der Waals surface area (Å²) in [7, 11) is 0. The summed E-state index contributed by atoms with van der Waals surface area (Å²) in [5.74, 6) is 0.462. The van der Waals surface area contributed by atoms with Gasteiger partial charge in [-0.05, 0) is 12.1 Å². The molecule has 0 aromatic carbocycles. The molecule has 0 aliphatic heterocycles. The van der Waals surface area contributed by atoms with E-state index in [-0.39, 0.29) is 6.73 Å². The minimum absolute atomic E-state index is 0.0977. The van der Waals surface area contributed by atoms with Crippen molar-refractivity contribution in [3.8, 4) is 0 Å². The molecule has 0 radical (unpaired) electrons.